The van der Waals surface area contributed by atoms with E-state index < -0.39 is 5.82 Å². The number of amides is 1. The van der Waals surface area contributed by atoms with Crippen LogP contribution in [-0.2, 0) is 6.42 Å². The molecule has 2 aromatic rings. The molecule has 0 saturated heterocycles. The number of halogens is 1. The van der Waals surface area contributed by atoms with Crippen molar-refractivity contribution in [2.45, 2.75) is 19.8 Å². The van der Waals surface area contributed by atoms with Gasteiger partial charge in [-0.05, 0) is 43.5 Å². The summed E-state index contributed by atoms with van der Waals surface area (Å²) < 4.78 is 18.4. The zero-order chi connectivity index (χ0) is 15.9. The molecular formula is C18H20FNO2. The minimum atomic E-state index is -0.533. The van der Waals surface area contributed by atoms with Gasteiger partial charge in [0.05, 0.1) is 7.11 Å². The lowest BCUT2D eigenvalue weighted by molar-refractivity contribution is 0.0952. The predicted molar refractivity (Wildman–Crippen MR) is 84.8 cm³/mol. The summed E-state index contributed by atoms with van der Waals surface area (Å²) in [6, 6.07) is 12.5. The van der Waals surface area contributed by atoms with Gasteiger partial charge in [0, 0.05) is 12.1 Å². The number of aryl methyl sites for hydroxylation is 2. The zero-order valence-corrected chi connectivity index (χ0v) is 12.9. The van der Waals surface area contributed by atoms with E-state index in [2.05, 4.69) is 36.5 Å². The second-order valence-corrected chi connectivity index (χ2v) is 5.19. The van der Waals surface area contributed by atoms with E-state index in [-0.39, 0.29) is 11.7 Å². The molecule has 0 aliphatic carbocycles. The molecule has 0 saturated carbocycles. The van der Waals surface area contributed by atoms with Crippen LogP contribution in [0.2, 0.25) is 0 Å². The summed E-state index contributed by atoms with van der Waals surface area (Å²) in [6.07, 6.45) is 1.74. The largest absolute Gasteiger partial charge is 0.494 e. The summed E-state index contributed by atoms with van der Waals surface area (Å²) in [5.74, 6) is -0.670. The molecule has 0 radical (unpaired) electrons. The molecule has 0 aromatic heterocycles. The summed E-state index contributed by atoms with van der Waals surface area (Å²) >= 11 is 0. The number of carbonyl (C=O) groups excluding carboxylic acids is 1. The summed E-state index contributed by atoms with van der Waals surface area (Å²) in [4.78, 5) is 11.9. The SMILES string of the molecule is COc1ccc(C(=O)NCCCc2ccc(C)cc2)cc1F. The molecule has 0 heterocycles. The minimum Gasteiger partial charge on any atom is -0.494 e. The van der Waals surface area contributed by atoms with Crippen LogP contribution in [-0.4, -0.2) is 19.6 Å². The van der Waals surface area contributed by atoms with Crippen molar-refractivity contribution in [3.63, 3.8) is 0 Å². The van der Waals surface area contributed by atoms with Crippen molar-refractivity contribution < 1.29 is 13.9 Å². The first kappa shape index (κ1) is 16.0. The van der Waals surface area contributed by atoms with Crippen molar-refractivity contribution in [1.29, 1.82) is 0 Å². The molecule has 0 spiro atoms. The fourth-order valence-corrected chi connectivity index (χ4v) is 2.16. The van der Waals surface area contributed by atoms with Gasteiger partial charge in [0.2, 0.25) is 0 Å². The number of nitrogens with one attached hydrogen (secondary N) is 1. The maximum Gasteiger partial charge on any atom is 0.251 e. The lowest BCUT2D eigenvalue weighted by atomic mass is 10.1. The molecule has 116 valence electrons. The van der Waals surface area contributed by atoms with Gasteiger partial charge >= 0.3 is 0 Å². The Kier molecular flexibility index (Phi) is 5.53. The summed E-state index contributed by atoms with van der Waals surface area (Å²) in [5.41, 5.74) is 2.78. The van der Waals surface area contributed by atoms with Crippen molar-refractivity contribution in [3.05, 3.63) is 65.0 Å². The van der Waals surface area contributed by atoms with Gasteiger partial charge in [-0.25, -0.2) is 4.39 Å². The highest BCUT2D eigenvalue weighted by Gasteiger charge is 2.09. The second kappa shape index (κ2) is 7.59. The Balaban J connectivity index is 1.80. The molecule has 4 heteroatoms. The van der Waals surface area contributed by atoms with E-state index in [1.165, 1.54) is 30.4 Å². The Morgan fingerprint density at radius 1 is 1.18 bits per heavy atom. The lowest BCUT2D eigenvalue weighted by Gasteiger charge is -2.07. The first-order valence-corrected chi connectivity index (χ1v) is 7.27. The van der Waals surface area contributed by atoms with Gasteiger partial charge in [0.15, 0.2) is 11.6 Å². The van der Waals surface area contributed by atoms with Crippen molar-refractivity contribution in [1.82, 2.24) is 5.32 Å². The molecule has 1 N–H and O–H groups in total. The van der Waals surface area contributed by atoms with Gasteiger partial charge in [0.1, 0.15) is 0 Å². The molecule has 22 heavy (non-hydrogen) atoms. The fraction of sp³-hybridized carbons (Fsp3) is 0.278. The molecule has 0 aliphatic heterocycles. The van der Waals surface area contributed by atoms with Crippen LogP contribution in [0.3, 0.4) is 0 Å². The Labute approximate surface area is 130 Å². The molecule has 0 atom stereocenters. The third-order valence-corrected chi connectivity index (χ3v) is 3.46. The average Bonchev–Trinajstić information content (AvgIpc) is 2.53. The van der Waals surface area contributed by atoms with Gasteiger partial charge in [-0.1, -0.05) is 29.8 Å². The van der Waals surface area contributed by atoms with Crippen molar-refractivity contribution >= 4 is 5.91 Å². The predicted octanol–water partition coefficient (Wildman–Crippen LogP) is 3.51. The zero-order valence-electron chi connectivity index (χ0n) is 12.9. The van der Waals surface area contributed by atoms with Gasteiger partial charge in [0.25, 0.3) is 5.91 Å². The van der Waals surface area contributed by atoms with Crippen LogP contribution in [0.5, 0.6) is 5.75 Å². The van der Waals surface area contributed by atoms with Crippen LogP contribution in [0, 0.1) is 12.7 Å². The second-order valence-electron chi connectivity index (χ2n) is 5.19. The van der Waals surface area contributed by atoms with Crippen LogP contribution in [0.15, 0.2) is 42.5 Å². The van der Waals surface area contributed by atoms with Crippen LogP contribution < -0.4 is 10.1 Å². The Morgan fingerprint density at radius 3 is 2.55 bits per heavy atom. The highest BCUT2D eigenvalue weighted by molar-refractivity contribution is 5.94. The third kappa shape index (κ3) is 4.32. The van der Waals surface area contributed by atoms with Gasteiger partial charge in [-0.2, -0.15) is 0 Å². The smallest absolute Gasteiger partial charge is 0.251 e. The Morgan fingerprint density at radius 2 is 1.91 bits per heavy atom. The number of carbonyl (C=O) groups is 1. The van der Waals surface area contributed by atoms with E-state index in [0.717, 1.165) is 12.8 Å². The first-order chi connectivity index (χ1) is 10.6. The van der Waals surface area contributed by atoms with Crippen LogP contribution in [0.1, 0.15) is 27.9 Å². The topological polar surface area (TPSA) is 38.3 Å². The Bertz CT molecular complexity index is 638. The quantitative estimate of drug-likeness (QED) is 0.829. The molecule has 0 bridgehead atoms. The summed E-state index contributed by atoms with van der Waals surface area (Å²) in [6.45, 7) is 2.61. The van der Waals surface area contributed by atoms with Crippen molar-refractivity contribution in [2.24, 2.45) is 0 Å². The highest BCUT2D eigenvalue weighted by Crippen LogP contribution is 2.17. The summed E-state index contributed by atoms with van der Waals surface area (Å²) in [5, 5.41) is 2.80. The third-order valence-electron chi connectivity index (χ3n) is 3.46. The molecule has 0 unspecified atom stereocenters. The van der Waals surface area contributed by atoms with Crippen molar-refractivity contribution in [2.75, 3.05) is 13.7 Å². The number of ether oxygens (including phenoxy) is 1. The average molecular weight is 301 g/mol. The van der Waals surface area contributed by atoms with E-state index in [0.29, 0.717) is 12.1 Å². The normalized spacial score (nSPS) is 10.3. The molecule has 3 nitrogen and oxygen atoms in total. The van der Waals surface area contributed by atoms with Crippen LogP contribution >= 0.6 is 0 Å². The van der Waals surface area contributed by atoms with Gasteiger partial charge in [-0.3, -0.25) is 4.79 Å². The van der Waals surface area contributed by atoms with E-state index >= 15 is 0 Å². The van der Waals surface area contributed by atoms with Crippen molar-refractivity contribution in [3.8, 4) is 5.75 Å². The first-order valence-electron chi connectivity index (χ1n) is 7.27. The van der Waals surface area contributed by atoms with E-state index in [4.69, 9.17) is 4.74 Å². The Hall–Kier alpha value is -2.36. The number of benzene rings is 2. The van der Waals surface area contributed by atoms with Crippen LogP contribution in [0.4, 0.5) is 4.39 Å². The molecule has 0 fully saturated rings. The number of rotatable bonds is 6. The molecular weight excluding hydrogens is 281 g/mol. The highest BCUT2D eigenvalue weighted by atomic mass is 19.1. The van der Waals surface area contributed by atoms with Crippen LogP contribution in [0.25, 0.3) is 0 Å². The van der Waals surface area contributed by atoms with Gasteiger partial charge in [-0.15, -0.1) is 0 Å². The standard InChI is InChI=1S/C18H20FNO2/c1-13-5-7-14(8-6-13)4-3-11-20-18(21)15-9-10-17(22-2)16(19)12-15/h5-10,12H,3-4,11H2,1-2H3,(H,20,21). The molecule has 2 rings (SSSR count). The number of hydrogen-bond acceptors (Lipinski definition) is 2. The maximum absolute atomic E-state index is 13.5. The minimum absolute atomic E-state index is 0.135. The fourth-order valence-electron chi connectivity index (χ4n) is 2.16. The van der Waals surface area contributed by atoms with E-state index in [1.54, 1.807) is 6.07 Å². The molecule has 0 aliphatic rings. The number of hydrogen-bond donors (Lipinski definition) is 1. The monoisotopic (exact) mass is 301 g/mol. The van der Waals surface area contributed by atoms with Gasteiger partial charge < -0.3 is 10.1 Å². The number of methoxy groups -OCH3 is 1. The molecule has 1 amide bonds. The molecule has 2 aromatic carbocycles. The lowest BCUT2D eigenvalue weighted by Crippen LogP contribution is -2.24. The summed E-state index contributed by atoms with van der Waals surface area (Å²) in [7, 11) is 1.39. The maximum atomic E-state index is 13.5. The van der Waals surface area contributed by atoms with E-state index in [1.807, 2.05) is 0 Å². The van der Waals surface area contributed by atoms with E-state index in [9.17, 15) is 9.18 Å².